The molecule has 2 aromatic carbocycles. The zero-order valence-electron chi connectivity index (χ0n) is 14.8. The van der Waals surface area contributed by atoms with Gasteiger partial charge in [-0.15, -0.1) is 0 Å². The summed E-state index contributed by atoms with van der Waals surface area (Å²) in [6.07, 6.45) is 4.24. The fraction of sp³-hybridized carbons (Fsp3) is 0.227. The Morgan fingerprint density at radius 3 is 2.63 bits per heavy atom. The maximum absolute atomic E-state index is 13.4. The molecule has 2 heterocycles. The number of nitrogens with zero attached hydrogens (tertiary/aromatic N) is 1. The molecule has 1 N–H and O–H groups in total. The third-order valence-corrected chi connectivity index (χ3v) is 4.77. The number of nitrogens with one attached hydrogen (secondary N) is 1. The quantitative estimate of drug-likeness (QED) is 0.725. The van der Waals surface area contributed by atoms with Crippen LogP contribution in [0.4, 0.5) is 8.78 Å². The van der Waals surface area contributed by atoms with Crippen molar-refractivity contribution in [2.45, 2.75) is 19.1 Å². The minimum Gasteiger partial charge on any atom is -0.372 e. The van der Waals surface area contributed by atoms with Gasteiger partial charge in [-0.2, -0.15) is 0 Å². The molecule has 5 heteroatoms. The van der Waals surface area contributed by atoms with E-state index in [0.29, 0.717) is 19.7 Å². The van der Waals surface area contributed by atoms with Crippen molar-refractivity contribution in [3.8, 4) is 11.1 Å². The number of hydrogen-bond donors (Lipinski definition) is 1. The topological polar surface area (TPSA) is 34.2 Å². The molecule has 3 nitrogen and oxygen atoms in total. The van der Waals surface area contributed by atoms with Crippen molar-refractivity contribution >= 4 is 0 Å². The average Bonchev–Trinajstić information content (AvgIpc) is 2.69. The lowest BCUT2D eigenvalue weighted by atomic mass is 9.97. The van der Waals surface area contributed by atoms with Gasteiger partial charge in [-0.3, -0.25) is 4.98 Å². The van der Waals surface area contributed by atoms with E-state index >= 15 is 0 Å². The number of ether oxygens (including phenoxy) is 1. The fourth-order valence-corrected chi connectivity index (χ4v) is 3.41. The molecular weight excluding hydrogens is 346 g/mol. The Hall–Kier alpha value is -2.63. The summed E-state index contributed by atoms with van der Waals surface area (Å²) in [5, 5.41) is 3.40. The summed E-state index contributed by atoms with van der Waals surface area (Å²) >= 11 is 0. The van der Waals surface area contributed by atoms with Crippen LogP contribution in [0.3, 0.4) is 0 Å². The Labute approximate surface area is 157 Å². The summed E-state index contributed by atoms with van der Waals surface area (Å²) in [5.74, 6) is -0.455. The molecule has 4 rings (SSSR count). The maximum Gasteiger partial charge on any atom is 0.123 e. The van der Waals surface area contributed by atoms with Crippen LogP contribution >= 0.6 is 0 Å². The fourth-order valence-electron chi connectivity index (χ4n) is 3.41. The predicted octanol–water partition coefficient (Wildman–Crippen LogP) is 4.43. The molecule has 1 unspecified atom stereocenters. The molecule has 0 amide bonds. The minimum atomic E-state index is -0.253. The second-order valence-corrected chi connectivity index (χ2v) is 6.67. The molecule has 0 bridgehead atoms. The summed E-state index contributed by atoms with van der Waals surface area (Å²) < 4.78 is 32.4. The first-order valence-corrected chi connectivity index (χ1v) is 8.99. The van der Waals surface area contributed by atoms with Crippen molar-refractivity contribution in [3.05, 3.63) is 89.2 Å². The van der Waals surface area contributed by atoms with Crippen LogP contribution in [0.15, 0.2) is 60.9 Å². The average molecular weight is 366 g/mol. The van der Waals surface area contributed by atoms with Crippen LogP contribution < -0.4 is 5.32 Å². The standard InChI is InChI=1S/C22H20F2N2O/c23-19-3-1-16(2-4-19)18-9-15(11-25-13-18)12-26-14-22-21-6-5-20(24)10-17(21)7-8-27-22/h1-6,9-11,13,22,26H,7-8,12,14H2. The summed E-state index contributed by atoms with van der Waals surface area (Å²) in [7, 11) is 0. The minimum absolute atomic E-state index is 0.0809. The Balaban J connectivity index is 1.40. The van der Waals surface area contributed by atoms with Gasteiger partial charge >= 0.3 is 0 Å². The second-order valence-electron chi connectivity index (χ2n) is 6.67. The van der Waals surface area contributed by atoms with Crippen molar-refractivity contribution in [1.29, 1.82) is 0 Å². The molecule has 0 aliphatic carbocycles. The normalized spacial score (nSPS) is 16.1. The van der Waals surface area contributed by atoms with Crippen LogP contribution in [0.2, 0.25) is 0 Å². The first kappa shape index (κ1) is 17.8. The Kier molecular flexibility index (Phi) is 5.23. The van der Waals surface area contributed by atoms with E-state index < -0.39 is 0 Å². The van der Waals surface area contributed by atoms with E-state index in [1.54, 1.807) is 24.4 Å². The van der Waals surface area contributed by atoms with Crippen molar-refractivity contribution in [1.82, 2.24) is 10.3 Å². The molecule has 27 heavy (non-hydrogen) atoms. The Morgan fingerprint density at radius 1 is 0.963 bits per heavy atom. The van der Waals surface area contributed by atoms with E-state index in [9.17, 15) is 8.78 Å². The summed E-state index contributed by atoms with van der Waals surface area (Å²) in [6.45, 7) is 1.88. The third-order valence-electron chi connectivity index (χ3n) is 4.77. The molecule has 1 aromatic heterocycles. The summed E-state index contributed by atoms with van der Waals surface area (Å²) in [4.78, 5) is 4.29. The van der Waals surface area contributed by atoms with Gasteiger partial charge in [0, 0.05) is 31.0 Å². The predicted molar refractivity (Wildman–Crippen MR) is 100 cm³/mol. The van der Waals surface area contributed by atoms with Crippen LogP contribution in [0, 0.1) is 11.6 Å². The highest BCUT2D eigenvalue weighted by molar-refractivity contribution is 5.62. The smallest absolute Gasteiger partial charge is 0.123 e. The third kappa shape index (κ3) is 4.21. The molecule has 0 radical (unpaired) electrons. The van der Waals surface area contributed by atoms with Crippen molar-refractivity contribution in [2.24, 2.45) is 0 Å². The van der Waals surface area contributed by atoms with Gasteiger partial charge in [0.1, 0.15) is 11.6 Å². The first-order chi connectivity index (χ1) is 13.2. The van der Waals surface area contributed by atoms with E-state index in [0.717, 1.165) is 34.2 Å². The van der Waals surface area contributed by atoms with Crippen LogP contribution in [0.25, 0.3) is 11.1 Å². The number of pyridine rings is 1. The lowest BCUT2D eigenvalue weighted by Gasteiger charge is -2.26. The molecule has 0 spiro atoms. The van der Waals surface area contributed by atoms with Gasteiger partial charge in [0.25, 0.3) is 0 Å². The van der Waals surface area contributed by atoms with E-state index in [4.69, 9.17) is 4.74 Å². The largest absolute Gasteiger partial charge is 0.372 e. The number of rotatable bonds is 5. The highest BCUT2D eigenvalue weighted by atomic mass is 19.1. The molecule has 0 saturated heterocycles. The summed E-state index contributed by atoms with van der Waals surface area (Å²) in [5.41, 5.74) is 4.98. The van der Waals surface area contributed by atoms with E-state index in [1.807, 2.05) is 18.3 Å². The van der Waals surface area contributed by atoms with Gasteiger partial charge in [0.15, 0.2) is 0 Å². The molecule has 0 saturated carbocycles. The molecular formula is C22H20F2N2O. The van der Waals surface area contributed by atoms with Crippen LogP contribution in [0.5, 0.6) is 0 Å². The van der Waals surface area contributed by atoms with Gasteiger partial charge in [0.05, 0.1) is 12.7 Å². The van der Waals surface area contributed by atoms with Gasteiger partial charge in [0.2, 0.25) is 0 Å². The molecule has 1 aliphatic rings. The monoisotopic (exact) mass is 366 g/mol. The SMILES string of the molecule is Fc1ccc(-c2cncc(CNCC3OCCc4cc(F)ccc43)c2)cc1. The lowest BCUT2D eigenvalue weighted by molar-refractivity contribution is 0.0422. The van der Waals surface area contributed by atoms with Crippen molar-refractivity contribution in [2.75, 3.05) is 13.2 Å². The molecule has 138 valence electrons. The van der Waals surface area contributed by atoms with E-state index in [2.05, 4.69) is 10.3 Å². The van der Waals surface area contributed by atoms with Crippen LogP contribution in [-0.4, -0.2) is 18.1 Å². The van der Waals surface area contributed by atoms with E-state index in [1.165, 1.54) is 18.2 Å². The number of benzene rings is 2. The van der Waals surface area contributed by atoms with Crippen molar-refractivity contribution < 1.29 is 13.5 Å². The van der Waals surface area contributed by atoms with Gasteiger partial charge in [-0.1, -0.05) is 18.2 Å². The molecule has 0 fully saturated rings. The Morgan fingerprint density at radius 2 is 1.78 bits per heavy atom. The zero-order chi connectivity index (χ0) is 18.6. The van der Waals surface area contributed by atoms with E-state index in [-0.39, 0.29) is 17.7 Å². The summed E-state index contributed by atoms with van der Waals surface area (Å²) in [6, 6.07) is 13.3. The van der Waals surface area contributed by atoms with Crippen LogP contribution in [0.1, 0.15) is 22.8 Å². The number of fused-ring (bicyclic) bond motifs is 1. The Bertz CT molecular complexity index is 928. The number of aromatic nitrogens is 1. The molecule has 1 atom stereocenters. The lowest BCUT2D eigenvalue weighted by Crippen LogP contribution is -2.27. The van der Waals surface area contributed by atoms with Crippen LogP contribution in [-0.2, 0) is 17.7 Å². The highest BCUT2D eigenvalue weighted by Gasteiger charge is 2.20. The zero-order valence-corrected chi connectivity index (χ0v) is 14.8. The second kappa shape index (κ2) is 7.94. The number of halogens is 2. The van der Waals surface area contributed by atoms with Gasteiger partial charge in [-0.25, -0.2) is 8.78 Å². The molecule has 3 aromatic rings. The highest BCUT2D eigenvalue weighted by Crippen LogP contribution is 2.27. The first-order valence-electron chi connectivity index (χ1n) is 8.99. The van der Waals surface area contributed by atoms with Crippen molar-refractivity contribution in [3.63, 3.8) is 0 Å². The van der Waals surface area contributed by atoms with Gasteiger partial charge in [-0.05, 0) is 59.0 Å². The molecule has 1 aliphatic heterocycles. The van der Waals surface area contributed by atoms with Gasteiger partial charge < -0.3 is 10.1 Å². The maximum atomic E-state index is 13.4. The number of hydrogen-bond acceptors (Lipinski definition) is 3.